The van der Waals surface area contributed by atoms with E-state index in [4.69, 9.17) is 5.11 Å². The molecule has 0 aromatic rings. The van der Waals surface area contributed by atoms with Gasteiger partial charge in [-0.1, -0.05) is 31.9 Å². The van der Waals surface area contributed by atoms with Crippen LogP contribution in [0.4, 0.5) is 0 Å². The van der Waals surface area contributed by atoms with Crippen molar-refractivity contribution in [3.63, 3.8) is 0 Å². The molecule has 1 atom stereocenters. The Balaban J connectivity index is 3.56. The first kappa shape index (κ1) is 7.66. The Hall–Kier alpha value is 0.660. The molecule has 42 valence electrons. The van der Waals surface area contributed by atoms with Crippen molar-refractivity contribution in [2.24, 2.45) is 0 Å². The molecule has 0 aliphatic rings. The first-order valence-electron chi connectivity index (χ1n) is 1.82. The normalized spacial score (nSPS) is 16.9. The number of hydrogen-bond acceptors (Lipinski definition) is 1. The van der Waals surface area contributed by atoms with Crippen molar-refractivity contribution in [2.75, 3.05) is 0 Å². The zero-order chi connectivity index (χ0) is 5.86. The molecular weight excluding hydrogens is 224 g/mol. The van der Waals surface area contributed by atoms with Crippen molar-refractivity contribution in [2.45, 2.75) is 13.0 Å². The van der Waals surface area contributed by atoms with Crippen LogP contribution in [0.5, 0.6) is 0 Å². The minimum absolute atomic E-state index is 0.403. The maximum absolute atomic E-state index is 8.68. The van der Waals surface area contributed by atoms with Crippen molar-refractivity contribution < 1.29 is 5.11 Å². The highest BCUT2D eigenvalue weighted by Crippen LogP contribution is 2.11. The Labute approximate surface area is 59.7 Å². The van der Waals surface area contributed by atoms with Crippen LogP contribution in [-0.2, 0) is 0 Å². The minimum Gasteiger partial charge on any atom is -0.388 e. The molecule has 1 unspecified atom stereocenters. The van der Waals surface area contributed by atoms with Gasteiger partial charge in [-0.25, -0.2) is 0 Å². The first-order valence-corrected chi connectivity index (χ1v) is 3.53. The number of aliphatic hydroxyl groups is 1. The maximum Gasteiger partial charge on any atom is 0.0831 e. The van der Waals surface area contributed by atoms with E-state index in [2.05, 4.69) is 31.9 Å². The van der Waals surface area contributed by atoms with Crippen molar-refractivity contribution in [3.05, 3.63) is 9.47 Å². The third-order valence-corrected chi connectivity index (χ3v) is 2.50. The average molecular weight is 230 g/mol. The fraction of sp³-hybridized carbons (Fsp3) is 0.500. The van der Waals surface area contributed by atoms with Crippen LogP contribution in [-0.4, -0.2) is 11.2 Å². The second-order valence-corrected chi connectivity index (χ2v) is 2.54. The Kier molecular flexibility index (Phi) is 3.98. The standard InChI is InChI=1S/C4H6Br2O/c1-3(7)4(6)2-5/h2-3,7H,1H3. The van der Waals surface area contributed by atoms with Crippen LogP contribution in [0.1, 0.15) is 6.92 Å². The van der Waals surface area contributed by atoms with E-state index in [1.807, 2.05) is 0 Å². The molecule has 0 radical (unpaired) electrons. The molecule has 0 aliphatic heterocycles. The molecule has 0 rings (SSSR count). The summed E-state index contributed by atoms with van der Waals surface area (Å²) in [6, 6.07) is 0. The van der Waals surface area contributed by atoms with E-state index < -0.39 is 6.10 Å². The van der Waals surface area contributed by atoms with Gasteiger partial charge in [0, 0.05) is 4.48 Å². The summed E-state index contributed by atoms with van der Waals surface area (Å²) in [5.41, 5.74) is 0. The van der Waals surface area contributed by atoms with E-state index in [0.717, 1.165) is 4.48 Å². The van der Waals surface area contributed by atoms with Crippen LogP contribution in [0.3, 0.4) is 0 Å². The van der Waals surface area contributed by atoms with Gasteiger partial charge in [0.15, 0.2) is 0 Å². The van der Waals surface area contributed by atoms with E-state index in [9.17, 15) is 0 Å². The zero-order valence-electron chi connectivity index (χ0n) is 3.86. The van der Waals surface area contributed by atoms with Gasteiger partial charge < -0.3 is 5.11 Å². The summed E-state index contributed by atoms with van der Waals surface area (Å²) in [5, 5.41) is 8.68. The summed E-state index contributed by atoms with van der Waals surface area (Å²) in [7, 11) is 0. The van der Waals surface area contributed by atoms with E-state index in [1.165, 1.54) is 0 Å². The fourth-order valence-corrected chi connectivity index (χ4v) is 0.474. The van der Waals surface area contributed by atoms with E-state index in [0.29, 0.717) is 0 Å². The lowest BCUT2D eigenvalue weighted by Crippen LogP contribution is -1.96. The van der Waals surface area contributed by atoms with Crippen molar-refractivity contribution >= 4 is 31.9 Å². The number of rotatable bonds is 1. The van der Waals surface area contributed by atoms with Crippen molar-refractivity contribution in [1.29, 1.82) is 0 Å². The summed E-state index contributed by atoms with van der Waals surface area (Å²) in [4.78, 5) is 1.64. The number of halogens is 2. The van der Waals surface area contributed by atoms with Gasteiger partial charge in [-0.2, -0.15) is 0 Å². The topological polar surface area (TPSA) is 20.2 Å². The molecule has 0 fully saturated rings. The van der Waals surface area contributed by atoms with E-state index >= 15 is 0 Å². The Morgan fingerprint density at radius 1 is 1.86 bits per heavy atom. The van der Waals surface area contributed by atoms with Gasteiger partial charge >= 0.3 is 0 Å². The SMILES string of the molecule is CC(O)C(Br)=CBr. The molecule has 0 aromatic carbocycles. The van der Waals surface area contributed by atoms with Crippen LogP contribution < -0.4 is 0 Å². The molecule has 0 aromatic heterocycles. The van der Waals surface area contributed by atoms with Gasteiger partial charge in [-0.3, -0.25) is 0 Å². The Bertz CT molecular complexity index is 77.8. The molecule has 0 aliphatic carbocycles. The van der Waals surface area contributed by atoms with Crippen LogP contribution in [0.15, 0.2) is 9.47 Å². The van der Waals surface area contributed by atoms with Crippen LogP contribution >= 0.6 is 31.9 Å². The summed E-state index contributed by atoms with van der Waals surface area (Å²) in [5.74, 6) is 0. The fourth-order valence-electron chi connectivity index (χ4n) is 0.0912. The van der Waals surface area contributed by atoms with Crippen LogP contribution in [0.2, 0.25) is 0 Å². The molecule has 1 N–H and O–H groups in total. The lowest BCUT2D eigenvalue weighted by Gasteiger charge is -1.96. The lowest BCUT2D eigenvalue weighted by molar-refractivity contribution is 0.241. The number of hydrogen-bond donors (Lipinski definition) is 1. The van der Waals surface area contributed by atoms with E-state index in [1.54, 1.807) is 11.9 Å². The van der Waals surface area contributed by atoms with Gasteiger partial charge in [0.2, 0.25) is 0 Å². The van der Waals surface area contributed by atoms with E-state index in [-0.39, 0.29) is 0 Å². The van der Waals surface area contributed by atoms with Crippen LogP contribution in [0, 0.1) is 0 Å². The highest BCUT2D eigenvalue weighted by molar-refractivity contribution is 9.14. The molecule has 3 heteroatoms. The molecule has 0 bridgehead atoms. The molecule has 0 saturated heterocycles. The van der Waals surface area contributed by atoms with Gasteiger partial charge in [-0.15, -0.1) is 0 Å². The van der Waals surface area contributed by atoms with Gasteiger partial charge in [0.05, 0.1) is 6.10 Å². The maximum atomic E-state index is 8.68. The molecular formula is C4H6Br2O. The minimum atomic E-state index is -0.403. The summed E-state index contributed by atoms with van der Waals surface area (Å²) in [6.07, 6.45) is -0.403. The average Bonchev–Trinajstić information content (AvgIpc) is 1.65. The van der Waals surface area contributed by atoms with Gasteiger partial charge in [0.1, 0.15) is 0 Å². The predicted octanol–water partition coefficient (Wildman–Crippen LogP) is 2.00. The molecule has 1 nitrogen and oxygen atoms in total. The summed E-state index contributed by atoms with van der Waals surface area (Å²) < 4.78 is 0.757. The lowest BCUT2D eigenvalue weighted by atomic mass is 10.4. The molecule has 0 saturated carbocycles. The number of aliphatic hydroxyl groups excluding tert-OH is 1. The third-order valence-electron chi connectivity index (χ3n) is 0.503. The highest BCUT2D eigenvalue weighted by atomic mass is 79.9. The third kappa shape index (κ3) is 3.26. The Morgan fingerprint density at radius 2 is 2.29 bits per heavy atom. The quantitative estimate of drug-likeness (QED) is 0.730. The monoisotopic (exact) mass is 228 g/mol. The smallest absolute Gasteiger partial charge is 0.0831 e. The van der Waals surface area contributed by atoms with Crippen LogP contribution in [0.25, 0.3) is 0 Å². The van der Waals surface area contributed by atoms with Crippen molar-refractivity contribution in [1.82, 2.24) is 0 Å². The first-order chi connectivity index (χ1) is 3.18. The largest absolute Gasteiger partial charge is 0.388 e. The van der Waals surface area contributed by atoms with Gasteiger partial charge in [-0.05, 0) is 11.9 Å². The van der Waals surface area contributed by atoms with Crippen molar-refractivity contribution in [3.8, 4) is 0 Å². The summed E-state index contributed by atoms with van der Waals surface area (Å²) >= 11 is 6.15. The second-order valence-electron chi connectivity index (χ2n) is 1.17. The zero-order valence-corrected chi connectivity index (χ0v) is 7.03. The van der Waals surface area contributed by atoms with Gasteiger partial charge in [0.25, 0.3) is 0 Å². The second kappa shape index (κ2) is 3.64. The highest BCUT2D eigenvalue weighted by Gasteiger charge is 1.95. The predicted molar refractivity (Wildman–Crippen MR) is 37.6 cm³/mol. The molecule has 0 spiro atoms. The Morgan fingerprint density at radius 3 is 2.29 bits per heavy atom. The molecule has 0 heterocycles. The molecule has 7 heavy (non-hydrogen) atoms. The summed E-state index contributed by atoms with van der Waals surface area (Å²) in [6.45, 7) is 1.68. The molecule has 0 amide bonds.